The Morgan fingerprint density at radius 3 is 2.00 bits per heavy atom. The number of methoxy groups -OCH3 is 2. The molecule has 0 amide bonds. The Balaban J connectivity index is 3.42. The van der Waals surface area contributed by atoms with Gasteiger partial charge in [0.1, 0.15) is 0 Å². The van der Waals surface area contributed by atoms with Crippen molar-refractivity contribution >= 4 is 0 Å². The van der Waals surface area contributed by atoms with E-state index >= 15 is 0 Å². The molecule has 1 aromatic rings. The summed E-state index contributed by atoms with van der Waals surface area (Å²) in [4.78, 5) is 0. The van der Waals surface area contributed by atoms with Gasteiger partial charge in [0.05, 0.1) is 19.8 Å². The molecule has 0 spiro atoms. The minimum Gasteiger partial charge on any atom is -0.493 e. The molecule has 1 rings (SSSR count). The lowest BCUT2D eigenvalue weighted by atomic mass is 9.95. The Bertz CT molecular complexity index is 351. The molecule has 1 N–H and O–H groups in total. The number of aryl methyl sites for hydroxylation is 1. The van der Waals surface area contributed by atoms with E-state index in [0.717, 1.165) is 11.1 Å². The summed E-state index contributed by atoms with van der Waals surface area (Å²) >= 11 is 0. The summed E-state index contributed by atoms with van der Waals surface area (Å²) in [6.45, 7) is 5.38. The van der Waals surface area contributed by atoms with Gasteiger partial charge in [-0.2, -0.15) is 0 Å². The predicted molar refractivity (Wildman–Crippen MR) is 59.5 cm³/mol. The second-order valence-corrected chi connectivity index (χ2v) is 4.06. The first-order valence-electron chi connectivity index (χ1n) is 4.86. The first-order valence-corrected chi connectivity index (χ1v) is 4.86. The summed E-state index contributed by atoms with van der Waals surface area (Å²) in [6, 6.07) is 3.77. The summed E-state index contributed by atoms with van der Waals surface area (Å²) in [5.41, 5.74) is 0.779. The van der Waals surface area contributed by atoms with Crippen LogP contribution in [0.1, 0.15) is 25.0 Å². The molecule has 0 radical (unpaired) electrons. The fraction of sp³-hybridized carbons (Fsp3) is 0.500. The average Bonchev–Trinajstić information content (AvgIpc) is 2.15. The monoisotopic (exact) mass is 210 g/mol. The van der Waals surface area contributed by atoms with Crippen molar-refractivity contribution in [2.75, 3.05) is 14.2 Å². The number of hydrogen-bond donors (Lipinski definition) is 1. The van der Waals surface area contributed by atoms with E-state index in [1.54, 1.807) is 28.1 Å². The third kappa shape index (κ3) is 2.23. The minimum absolute atomic E-state index is 0.602. The first kappa shape index (κ1) is 11.9. The van der Waals surface area contributed by atoms with Gasteiger partial charge in [0, 0.05) is 5.56 Å². The molecular weight excluding hydrogens is 192 g/mol. The van der Waals surface area contributed by atoms with E-state index in [2.05, 4.69) is 0 Å². The molecule has 1 aromatic carbocycles. The molecule has 0 unspecified atom stereocenters. The minimum atomic E-state index is -0.938. The van der Waals surface area contributed by atoms with Crippen LogP contribution in [0.5, 0.6) is 11.5 Å². The normalized spacial score (nSPS) is 11.3. The van der Waals surface area contributed by atoms with Crippen LogP contribution in [0, 0.1) is 6.92 Å². The highest BCUT2D eigenvalue weighted by molar-refractivity contribution is 5.53. The SMILES string of the molecule is COc1c(C)ccc(C(C)(C)O)c1OC. The van der Waals surface area contributed by atoms with Gasteiger partial charge in [0.25, 0.3) is 0 Å². The summed E-state index contributed by atoms with van der Waals surface area (Å²) in [7, 11) is 3.17. The average molecular weight is 210 g/mol. The van der Waals surface area contributed by atoms with Crippen LogP contribution in [0.4, 0.5) is 0 Å². The van der Waals surface area contributed by atoms with Crippen molar-refractivity contribution < 1.29 is 14.6 Å². The molecule has 0 aliphatic heterocycles. The van der Waals surface area contributed by atoms with Crippen LogP contribution in [-0.2, 0) is 5.60 Å². The molecule has 0 aliphatic rings. The summed E-state index contributed by atoms with van der Waals surface area (Å²) in [6.07, 6.45) is 0. The van der Waals surface area contributed by atoms with Gasteiger partial charge in [-0.05, 0) is 26.3 Å². The fourth-order valence-electron chi connectivity index (χ4n) is 1.60. The Morgan fingerprint density at radius 1 is 1.07 bits per heavy atom. The smallest absolute Gasteiger partial charge is 0.167 e. The summed E-state index contributed by atoms with van der Waals surface area (Å²) in [5.74, 6) is 1.28. The molecule has 0 bridgehead atoms. The molecule has 0 atom stereocenters. The van der Waals surface area contributed by atoms with Gasteiger partial charge in [-0.25, -0.2) is 0 Å². The topological polar surface area (TPSA) is 38.7 Å². The zero-order valence-corrected chi connectivity index (χ0v) is 9.92. The maximum Gasteiger partial charge on any atom is 0.167 e. The highest BCUT2D eigenvalue weighted by Crippen LogP contribution is 2.39. The van der Waals surface area contributed by atoms with E-state index in [1.165, 1.54) is 0 Å². The number of hydrogen-bond acceptors (Lipinski definition) is 3. The molecule has 0 fully saturated rings. The van der Waals surface area contributed by atoms with Crippen molar-refractivity contribution in [2.45, 2.75) is 26.4 Å². The van der Waals surface area contributed by atoms with Crippen molar-refractivity contribution in [3.8, 4) is 11.5 Å². The molecule has 0 heterocycles. The van der Waals surface area contributed by atoms with E-state index in [0.29, 0.717) is 11.5 Å². The van der Waals surface area contributed by atoms with Crippen molar-refractivity contribution in [3.63, 3.8) is 0 Å². The molecule has 0 saturated carbocycles. The van der Waals surface area contributed by atoms with Crippen molar-refractivity contribution in [3.05, 3.63) is 23.3 Å². The molecule has 15 heavy (non-hydrogen) atoms. The maximum atomic E-state index is 9.98. The predicted octanol–water partition coefficient (Wildman–Crippen LogP) is 2.24. The van der Waals surface area contributed by atoms with Gasteiger partial charge in [0.15, 0.2) is 11.5 Å². The molecule has 0 aliphatic carbocycles. The summed E-state index contributed by atoms with van der Waals surface area (Å²) in [5, 5.41) is 9.98. The van der Waals surface area contributed by atoms with E-state index in [1.807, 2.05) is 19.1 Å². The fourth-order valence-corrected chi connectivity index (χ4v) is 1.60. The van der Waals surface area contributed by atoms with Crippen molar-refractivity contribution in [1.29, 1.82) is 0 Å². The Labute approximate surface area is 90.6 Å². The highest BCUT2D eigenvalue weighted by atomic mass is 16.5. The zero-order chi connectivity index (χ0) is 11.6. The molecule has 3 heteroatoms. The maximum absolute atomic E-state index is 9.98. The number of ether oxygens (including phenoxy) is 2. The molecule has 0 aromatic heterocycles. The standard InChI is InChI=1S/C12H18O3/c1-8-6-7-9(12(2,3)13)11(15-5)10(8)14-4/h6-7,13H,1-5H3. The van der Waals surface area contributed by atoms with Crippen LogP contribution < -0.4 is 9.47 Å². The van der Waals surface area contributed by atoms with Gasteiger partial charge < -0.3 is 14.6 Å². The van der Waals surface area contributed by atoms with Gasteiger partial charge in [-0.3, -0.25) is 0 Å². The highest BCUT2D eigenvalue weighted by Gasteiger charge is 2.24. The van der Waals surface area contributed by atoms with Gasteiger partial charge in [-0.15, -0.1) is 0 Å². The van der Waals surface area contributed by atoms with Crippen LogP contribution in [-0.4, -0.2) is 19.3 Å². The summed E-state index contributed by atoms with van der Waals surface area (Å²) < 4.78 is 10.6. The molecular formula is C12H18O3. The molecule has 84 valence electrons. The third-order valence-corrected chi connectivity index (χ3v) is 2.38. The molecule has 0 saturated heterocycles. The number of benzene rings is 1. The number of aliphatic hydroxyl groups is 1. The van der Waals surface area contributed by atoms with Crippen LogP contribution >= 0.6 is 0 Å². The first-order chi connectivity index (χ1) is 6.91. The van der Waals surface area contributed by atoms with Gasteiger partial charge >= 0.3 is 0 Å². The Morgan fingerprint density at radius 2 is 1.60 bits per heavy atom. The van der Waals surface area contributed by atoms with Crippen LogP contribution in [0.15, 0.2) is 12.1 Å². The number of rotatable bonds is 3. The van der Waals surface area contributed by atoms with Crippen LogP contribution in [0.25, 0.3) is 0 Å². The third-order valence-electron chi connectivity index (χ3n) is 2.38. The Hall–Kier alpha value is -1.22. The van der Waals surface area contributed by atoms with Crippen LogP contribution in [0.2, 0.25) is 0 Å². The van der Waals surface area contributed by atoms with E-state index in [9.17, 15) is 5.11 Å². The Kier molecular flexibility index (Phi) is 3.25. The van der Waals surface area contributed by atoms with Gasteiger partial charge in [-0.1, -0.05) is 12.1 Å². The van der Waals surface area contributed by atoms with E-state index < -0.39 is 5.60 Å². The van der Waals surface area contributed by atoms with Gasteiger partial charge in [0.2, 0.25) is 0 Å². The largest absolute Gasteiger partial charge is 0.493 e. The lowest BCUT2D eigenvalue weighted by Gasteiger charge is -2.23. The van der Waals surface area contributed by atoms with E-state index in [-0.39, 0.29) is 0 Å². The lowest BCUT2D eigenvalue weighted by molar-refractivity contribution is 0.0751. The van der Waals surface area contributed by atoms with Crippen LogP contribution in [0.3, 0.4) is 0 Å². The zero-order valence-electron chi connectivity index (χ0n) is 9.92. The van der Waals surface area contributed by atoms with Crippen molar-refractivity contribution in [2.24, 2.45) is 0 Å². The second kappa shape index (κ2) is 4.11. The van der Waals surface area contributed by atoms with E-state index in [4.69, 9.17) is 9.47 Å². The van der Waals surface area contributed by atoms with Crippen molar-refractivity contribution in [1.82, 2.24) is 0 Å². The second-order valence-electron chi connectivity index (χ2n) is 4.06. The molecule has 3 nitrogen and oxygen atoms in total. The quantitative estimate of drug-likeness (QED) is 0.831. The lowest BCUT2D eigenvalue weighted by Crippen LogP contribution is -2.17.